The van der Waals surface area contributed by atoms with Gasteiger partial charge in [0.1, 0.15) is 0 Å². The highest BCUT2D eigenvalue weighted by molar-refractivity contribution is 9.10. The fourth-order valence-corrected chi connectivity index (χ4v) is 2.60. The van der Waals surface area contributed by atoms with Crippen LogP contribution in [0.2, 0.25) is 0 Å². The van der Waals surface area contributed by atoms with Crippen molar-refractivity contribution in [2.75, 3.05) is 0 Å². The van der Waals surface area contributed by atoms with Crippen molar-refractivity contribution in [2.45, 2.75) is 6.04 Å². The maximum absolute atomic E-state index is 10.8. The summed E-state index contributed by atoms with van der Waals surface area (Å²) in [6.07, 6.45) is 0. The first kappa shape index (κ1) is 15.1. The fourth-order valence-electron chi connectivity index (χ4n) is 1.51. The second-order valence-electron chi connectivity index (χ2n) is 3.50. The summed E-state index contributed by atoms with van der Waals surface area (Å²) >= 11 is 4.70. The predicted molar refractivity (Wildman–Crippen MR) is 78.4 cm³/mol. The molecule has 18 heavy (non-hydrogen) atoms. The number of halogens is 2. The molecule has 7 heteroatoms. The number of nitrogens with two attached hydrogens (primary N) is 1. The second-order valence-corrected chi connectivity index (χ2v) is 5.14. The molecule has 2 N–H and O–H groups in total. The van der Waals surface area contributed by atoms with E-state index in [4.69, 9.17) is 5.73 Å². The fraction of sp³-hybridized carbons (Fsp3) is 0.0909. The van der Waals surface area contributed by atoms with E-state index < -0.39 is 4.92 Å². The quantitative estimate of drug-likeness (QED) is 0.675. The van der Waals surface area contributed by atoms with E-state index >= 15 is 0 Å². The van der Waals surface area contributed by atoms with E-state index in [9.17, 15) is 10.1 Å². The van der Waals surface area contributed by atoms with Crippen molar-refractivity contribution in [3.05, 3.63) is 60.7 Å². The SMILES string of the molecule is Cl.N[C@@H](c1ccsc1)c1ccc(Br)c([N+](=O)[O-])c1. The summed E-state index contributed by atoms with van der Waals surface area (Å²) in [5, 5.41) is 14.7. The molecule has 0 radical (unpaired) electrons. The van der Waals surface area contributed by atoms with Crippen LogP contribution in [-0.4, -0.2) is 4.92 Å². The van der Waals surface area contributed by atoms with Gasteiger partial charge in [0.25, 0.3) is 5.69 Å². The zero-order valence-electron chi connectivity index (χ0n) is 9.08. The van der Waals surface area contributed by atoms with Crippen molar-refractivity contribution in [3.8, 4) is 0 Å². The molecule has 1 atom stereocenters. The minimum Gasteiger partial charge on any atom is -0.320 e. The summed E-state index contributed by atoms with van der Waals surface area (Å²) in [4.78, 5) is 10.4. The van der Waals surface area contributed by atoms with Gasteiger partial charge < -0.3 is 5.73 Å². The van der Waals surface area contributed by atoms with E-state index in [1.165, 1.54) is 6.07 Å². The zero-order chi connectivity index (χ0) is 12.4. The Labute approximate surface area is 123 Å². The van der Waals surface area contributed by atoms with Gasteiger partial charge in [-0.25, -0.2) is 0 Å². The van der Waals surface area contributed by atoms with Gasteiger partial charge in [0.2, 0.25) is 0 Å². The Morgan fingerprint density at radius 3 is 2.61 bits per heavy atom. The van der Waals surface area contributed by atoms with Gasteiger partial charge in [0.15, 0.2) is 0 Å². The topological polar surface area (TPSA) is 69.2 Å². The molecule has 1 heterocycles. The van der Waals surface area contributed by atoms with Gasteiger partial charge in [-0.1, -0.05) is 6.07 Å². The van der Waals surface area contributed by atoms with Crippen LogP contribution >= 0.6 is 39.7 Å². The van der Waals surface area contributed by atoms with Crippen LogP contribution in [0, 0.1) is 10.1 Å². The van der Waals surface area contributed by atoms with E-state index in [0.29, 0.717) is 4.47 Å². The van der Waals surface area contributed by atoms with Crippen molar-refractivity contribution in [3.63, 3.8) is 0 Å². The van der Waals surface area contributed by atoms with Gasteiger partial charge in [0.05, 0.1) is 15.4 Å². The minimum absolute atomic E-state index is 0. The molecule has 0 fully saturated rings. The van der Waals surface area contributed by atoms with Gasteiger partial charge in [-0.15, -0.1) is 12.4 Å². The lowest BCUT2D eigenvalue weighted by atomic mass is 10.0. The molecule has 4 nitrogen and oxygen atoms in total. The average molecular weight is 350 g/mol. The largest absolute Gasteiger partial charge is 0.320 e. The van der Waals surface area contributed by atoms with Gasteiger partial charge in [-0.3, -0.25) is 10.1 Å². The highest BCUT2D eigenvalue weighted by atomic mass is 79.9. The first-order chi connectivity index (χ1) is 8.09. The summed E-state index contributed by atoms with van der Waals surface area (Å²) < 4.78 is 0.462. The van der Waals surface area contributed by atoms with E-state index in [2.05, 4.69) is 15.9 Å². The Kier molecular flexibility index (Phi) is 5.28. The Bertz CT molecular complexity index is 548. The maximum atomic E-state index is 10.8. The smallest absolute Gasteiger partial charge is 0.283 e. The summed E-state index contributed by atoms with van der Waals surface area (Å²) in [7, 11) is 0. The van der Waals surface area contributed by atoms with Crippen LogP contribution in [0.1, 0.15) is 17.2 Å². The lowest BCUT2D eigenvalue weighted by Crippen LogP contribution is -2.11. The summed E-state index contributed by atoms with van der Waals surface area (Å²) in [6, 6.07) is 6.54. The Balaban J connectivity index is 0.00000162. The van der Waals surface area contributed by atoms with Crippen LogP contribution in [0.15, 0.2) is 39.5 Å². The Morgan fingerprint density at radius 1 is 1.33 bits per heavy atom. The van der Waals surface area contributed by atoms with Crippen LogP contribution in [0.4, 0.5) is 5.69 Å². The molecule has 0 saturated heterocycles. The molecule has 0 unspecified atom stereocenters. The van der Waals surface area contributed by atoms with Crippen molar-refractivity contribution < 1.29 is 4.92 Å². The van der Waals surface area contributed by atoms with E-state index in [0.717, 1.165) is 11.1 Å². The number of rotatable bonds is 3. The average Bonchev–Trinajstić information content (AvgIpc) is 2.81. The third kappa shape index (κ3) is 3.08. The molecule has 2 rings (SSSR count). The molecule has 0 aliphatic heterocycles. The molecular formula is C11H10BrClN2O2S. The van der Waals surface area contributed by atoms with Crippen LogP contribution in [-0.2, 0) is 0 Å². The number of benzene rings is 1. The van der Waals surface area contributed by atoms with E-state index in [1.54, 1.807) is 23.5 Å². The Hall–Kier alpha value is -0.950. The molecule has 1 aromatic heterocycles. The number of hydrogen-bond acceptors (Lipinski definition) is 4. The highest BCUT2D eigenvalue weighted by Crippen LogP contribution is 2.30. The molecule has 0 aliphatic carbocycles. The number of nitro groups is 1. The van der Waals surface area contributed by atoms with Crippen molar-refractivity contribution in [2.24, 2.45) is 5.73 Å². The lowest BCUT2D eigenvalue weighted by Gasteiger charge is -2.10. The molecule has 0 saturated carbocycles. The summed E-state index contributed by atoms with van der Waals surface area (Å²) in [5.74, 6) is 0. The molecule has 1 aromatic carbocycles. The van der Waals surface area contributed by atoms with E-state index in [1.807, 2.05) is 16.8 Å². The first-order valence-corrected chi connectivity index (χ1v) is 6.54. The van der Waals surface area contributed by atoms with Gasteiger partial charge in [-0.2, -0.15) is 11.3 Å². The summed E-state index contributed by atoms with van der Waals surface area (Å²) in [6.45, 7) is 0. The molecular weight excluding hydrogens is 340 g/mol. The molecule has 2 aromatic rings. The standard InChI is InChI=1S/C11H9BrN2O2S.ClH/c12-9-2-1-7(5-10(9)14(15)16)11(13)8-3-4-17-6-8;/h1-6,11H,13H2;1H/t11-;/m1./s1. The first-order valence-electron chi connectivity index (χ1n) is 4.81. The molecule has 0 bridgehead atoms. The number of nitro benzene ring substituents is 1. The third-order valence-corrected chi connectivity index (χ3v) is 3.80. The van der Waals surface area contributed by atoms with E-state index in [-0.39, 0.29) is 24.1 Å². The van der Waals surface area contributed by atoms with Crippen LogP contribution in [0.5, 0.6) is 0 Å². The second kappa shape index (κ2) is 6.29. The van der Waals surface area contributed by atoms with Crippen molar-refractivity contribution >= 4 is 45.4 Å². The molecule has 0 spiro atoms. The van der Waals surface area contributed by atoms with Crippen LogP contribution in [0.25, 0.3) is 0 Å². The monoisotopic (exact) mass is 348 g/mol. The lowest BCUT2D eigenvalue weighted by molar-refractivity contribution is -0.385. The van der Waals surface area contributed by atoms with Gasteiger partial charge >= 0.3 is 0 Å². The molecule has 0 amide bonds. The predicted octanol–water partition coefficient (Wildman–Crippen LogP) is 3.89. The third-order valence-electron chi connectivity index (χ3n) is 2.43. The van der Waals surface area contributed by atoms with Crippen LogP contribution < -0.4 is 5.73 Å². The normalized spacial score (nSPS) is 11.7. The number of nitrogens with zero attached hydrogens (tertiary/aromatic N) is 1. The van der Waals surface area contributed by atoms with Crippen molar-refractivity contribution in [1.29, 1.82) is 0 Å². The Morgan fingerprint density at radius 2 is 2.06 bits per heavy atom. The van der Waals surface area contributed by atoms with Gasteiger partial charge in [0, 0.05) is 6.07 Å². The highest BCUT2D eigenvalue weighted by Gasteiger charge is 2.16. The zero-order valence-corrected chi connectivity index (χ0v) is 12.3. The van der Waals surface area contributed by atoms with Crippen LogP contribution in [0.3, 0.4) is 0 Å². The van der Waals surface area contributed by atoms with Crippen molar-refractivity contribution in [1.82, 2.24) is 0 Å². The number of hydrogen-bond donors (Lipinski definition) is 1. The minimum atomic E-state index is -0.423. The molecule has 0 aliphatic rings. The van der Waals surface area contributed by atoms with Gasteiger partial charge in [-0.05, 0) is 49.9 Å². The number of thiophene rings is 1. The summed E-state index contributed by atoms with van der Waals surface area (Å²) in [5.41, 5.74) is 7.78. The maximum Gasteiger partial charge on any atom is 0.283 e. The molecule has 96 valence electrons.